The molecule has 3 heterocycles. The predicted molar refractivity (Wildman–Crippen MR) is 214 cm³/mol. The molecule has 312 valence electrons. The van der Waals surface area contributed by atoms with Crippen LogP contribution in [0.5, 0.6) is 0 Å². The molecule has 55 heavy (non-hydrogen) atoms. The Hall–Kier alpha value is -2.46. The molecular formula is C42H70N4O9. The van der Waals surface area contributed by atoms with Crippen molar-refractivity contribution in [2.45, 2.75) is 147 Å². The highest BCUT2D eigenvalue weighted by atomic mass is 16.7. The molecule has 0 aliphatic carbocycles. The highest BCUT2D eigenvalue weighted by Crippen LogP contribution is 2.37. The highest BCUT2D eigenvalue weighted by molar-refractivity contribution is 5.90. The van der Waals surface area contributed by atoms with Gasteiger partial charge in [-0.2, -0.15) is 0 Å². The molecule has 0 spiro atoms. The molecule has 0 radical (unpaired) electrons. The lowest BCUT2D eigenvalue weighted by Gasteiger charge is -2.48. The number of hydrogen-bond donors (Lipinski definition) is 5. The van der Waals surface area contributed by atoms with Crippen LogP contribution in [0.15, 0.2) is 36.5 Å². The Labute approximate surface area is 328 Å². The number of carbonyl (C=O) groups excluding carboxylic acids is 1. The maximum atomic E-state index is 13.6. The summed E-state index contributed by atoms with van der Waals surface area (Å²) in [6.07, 6.45) is -2.42. The first-order chi connectivity index (χ1) is 25.8. The van der Waals surface area contributed by atoms with E-state index in [4.69, 9.17) is 18.9 Å². The minimum atomic E-state index is -1.76. The summed E-state index contributed by atoms with van der Waals surface area (Å²) in [6, 6.07) is 9.40. The number of nitrogens with one attached hydrogen (secondary N) is 1. The number of benzene rings is 1. The van der Waals surface area contributed by atoms with E-state index in [-0.39, 0.29) is 30.9 Å². The predicted octanol–water partition coefficient (Wildman–Crippen LogP) is 4.05. The number of aromatic nitrogens is 1. The third kappa shape index (κ3) is 10.9. The molecule has 0 saturated carbocycles. The number of aliphatic hydroxyl groups excluding tert-OH is 2. The van der Waals surface area contributed by atoms with Gasteiger partial charge in [-0.15, -0.1) is 0 Å². The van der Waals surface area contributed by atoms with E-state index in [0.717, 1.165) is 16.6 Å². The van der Waals surface area contributed by atoms with Crippen LogP contribution in [-0.2, 0) is 23.7 Å². The molecule has 13 nitrogen and oxygen atoms in total. The van der Waals surface area contributed by atoms with Crippen LogP contribution in [0.3, 0.4) is 0 Å². The number of cyclic esters (lactones) is 1. The summed E-state index contributed by atoms with van der Waals surface area (Å²) in [5.41, 5.74) is -1.32. The summed E-state index contributed by atoms with van der Waals surface area (Å²) < 4.78 is 25.8. The number of para-hydroxylation sites is 1. The van der Waals surface area contributed by atoms with E-state index in [2.05, 4.69) is 15.2 Å². The fourth-order valence-electron chi connectivity index (χ4n) is 8.67. The lowest BCUT2D eigenvalue weighted by Crippen LogP contribution is -2.60. The van der Waals surface area contributed by atoms with Crippen molar-refractivity contribution in [3.8, 4) is 0 Å². The van der Waals surface area contributed by atoms with Crippen molar-refractivity contribution in [2.75, 3.05) is 46.2 Å². The van der Waals surface area contributed by atoms with E-state index in [1.54, 1.807) is 33.9 Å². The Bertz CT molecular complexity index is 1510. The van der Waals surface area contributed by atoms with Gasteiger partial charge >= 0.3 is 5.97 Å². The van der Waals surface area contributed by atoms with Crippen LogP contribution >= 0.6 is 0 Å². The molecule has 2 saturated heterocycles. The normalized spacial score (nSPS) is 39.0. The molecular weight excluding hydrogens is 704 g/mol. The van der Waals surface area contributed by atoms with E-state index in [9.17, 15) is 25.2 Å². The standard InChI is InChI=1S/C42H70N4O9/c1-12-34-42(8,51)37(48)29(6)46(11)24-25(2)23-41(7,50)38(27(4)35(47)28(5)39(49)54-34)55-40-36(33(45(9)10)22-26(3)53-40)52-21-15-19-43-32-18-20-44-31-17-14-13-16-30(31)32/h13-14,16-18,20,25-29,33-38,40,47-48,50-51H,12,15,19,21-24H2,1-11H3,(H,43,44)/t25-,26?,27+,28-,29-,33+,34-,35+,36-,37-,38-,40+,41-,42-/m1/s1. The van der Waals surface area contributed by atoms with Gasteiger partial charge in [0.2, 0.25) is 0 Å². The maximum absolute atomic E-state index is 13.6. The fourth-order valence-corrected chi connectivity index (χ4v) is 8.67. The van der Waals surface area contributed by atoms with Crippen molar-refractivity contribution >= 4 is 22.6 Å². The first-order valence-corrected chi connectivity index (χ1v) is 20.2. The zero-order valence-electron chi connectivity index (χ0n) is 35.0. The Morgan fingerprint density at radius 1 is 1.07 bits per heavy atom. The highest BCUT2D eigenvalue weighted by Gasteiger charge is 2.50. The number of hydrogen-bond acceptors (Lipinski definition) is 13. The third-order valence-electron chi connectivity index (χ3n) is 12.0. The average Bonchev–Trinajstić information content (AvgIpc) is 3.13. The number of ether oxygens (including phenoxy) is 4. The van der Waals surface area contributed by atoms with E-state index in [0.29, 0.717) is 32.5 Å². The SMILES string of the molecule is CC[C@H]1OC(=O)[C@H](C)[C@@H](O)[C@H](C)[C@@H](O[C@@H]2OC(C)C[C@H](N(C)C)[C@H]2OCCCNc2ccnc3ccccc23)[C@](C)(O)C[C@@H](C)CN(C)[C@H](C)[C@@H](O)[C@]1(C)O. The Morgan fingerprint density at radius 3 is 2.44 bits per heavy atom. The third-order valence-corrected chi connectivity index (χ3v) is 12.0. The number of pyridine rings is 1. The van der Waals surface area contributed by atoms with Gasteiger partial charge in [-0.1, -0.05) is 39.0 Å². The smallest absolute Gasteiger partial charge is 0.311 e. The van der Waals surface area contributed by atoms with Crippen LogP contribution in [0.25, 0.3) is 10.9 Å². The molecule has 2 aromatic rings. The van der Waals surface area contributed by atoms with Gasteiger partial charge < -0.3 is 54.5 Å². The van der Waals surface area contributed by atoms with Crippen LogP contribution in [-0.4, -0.2) is 148 Å². The summed E-state index contributed by atoms with van der Waals surface area (Å²) in [6.45, 7) is 15.7. The van der Waals surface area contributed by atoms with E-state index >= 15 is 0 Å². The van der Waals surface area contributed by atoms with E-state index < -0.39 is 71.9 Å². The first kappa shape index (κ1) is 45.2. The van der Waals surface area contributed by atoms with Crippen molar-refractivity contribution in [1.29, 1.82) is 0 Å². The van der Waals surface area contributed by atoms with Crippen LogP contribution in [0, 0.1) is 17.8 Å². The van der Waals surface area contributed by atoms with Crippen LogP contribution < -0.4 is 5.32 Å². The average molecular weight is 775 g/mol. The summed E-state index contributed by atoms with van der Waals surface area (Å²) in [7, 11) is 5.87. The molecule has 4 rings (SSSR count). The van der Waals surface area contributed by atoms with Gasteiger partial charge in [0.15, 0.2) is 6.29 Å². The topological polar surface area (TPSA) is 166 Å². The zero-order chi connectivity index (χ0) is 40.8. The Kier molecular flexibility index (Phi) is 15.9. The summed E-state index contributed by atoms with van der Waals surface area (Å²) in [5, 5.41) is 51.7. The molecule has 2 aliphatic heterocycles. The van der Waals surface area contributed by atoms with Gasteiger partial charge in [0.25, 0.3) is 0 Å². The molecule has 2 fully saturated rings. The van der Waals surface area contributed by atoms with Crippen LogP contribution in [0.1, 0.15) is 81.1 Å². The number of likely N-dealkylation sites (N-methyl/N-ethyl adjacent to an activating group) is 2. The van der Waals surface area contributed by atoms with E-state index in [1.165, 1.54) is 6.92 Å². The number of nitrogens with zero attached hydrogens (tertiary/aromatic N) is 3. The lowest BCUT2D eigenvalue weighted by atomic mass is 9.78. The minimum Gasteiger partial charge on any atom is -0.459 e. The largest absolute Gasteiger partial charge is 0.459 e. The molecule has 2 aliphatic rings. The van der Waals surface area contributed by atoms with E-state index in [1.807, 2.05) is 77.1 Å². The van der Waals surface area contributed by atoms with Crippen molar-refractivity contribution in [3.05, 3.63) is 36.5 Å². The van der Waals surface area contributed by atoms with Gasteiger partial charge in [0.1, 0.15) is 23.9 Å². The number of anilines is 1. The number of fused-ring (bicyclic) bond motifs is 1. The first-order valence-electron chi connectivity index (χ1n) is 20.2. The van der Waals surface area contributed by atoms with Gasteiger partial charge in [0.05, 0.1) is 35.3 Å². The number of rotatable bonds is 10. The van der Waals surface area contributed by atoms with Gasteiger partial charge in [-0.25, -0.2) is 0 Å². The van der Waals surface area contributed by atoms with Gasteiger partial charge in [-0.3, -0.25) is 9.78 Å². The second-order valence-corrected chi connectivity index (χ2v) is 17.1. The monoisotopic (exact) mass is 775 g/mol. The quantitative estimate of drug-likeness (QED) is 0.174. The fraction of sp³-hybridized carbons (Fsp3) is 0.762. The summed E-state index contributed by atoms with van der Waals surface area (Å²) in [4.78, 5) is 22.1. The zero-order valence-corrected chi connectivity index (χ0v) is 35.0. The minimum absolute atomic E-state index is 0.0635. The van der Waals surface area contributed by atoms with Crippen molar-refractivity contribution in [2.24, 2.45) is 17.8 Å². The Balaban J connectivity index is 1.59. The van der Waals surface area contributed by atoms with Crippen molar-refractivity contribution in [3.63, 3.8) is 0 Å². The number of aliphatic hydroxyl groups is 4. The second kappa shape index (κ2) is 19.3. The molecule has 0 bridgehead atoms. The lowest BCUT2D eigenvalue weighted by molar-refractivity contribution is -0.306. The number of esters is 1. The second-order valence-electron chi connectivity index (χ2n) is 17.1. The van der Waals surface area contributed by atoms with Crippen LogP contribution in [0.2, 0.25) is 0 Å². The van der Waals surface area contributed by atoms with Gasteiger partial charge in [0, 0.05) is 55.0 Å². The Morgan fingerprint density at radius 2 is 1.76 bits per heavy atom. The molecule has 14 atom stereocenters. The van der Waals surface area contributed by atoms with Gasteiger partial charge in [-0.05, 0) is 99.5 Å². The summed E-state index contributed by atoms with van der Waals surface area (Å²) in [5.74, 6) is -2.63. The van der Waals surface area contributed by atoms with Crippen molar-refractivity contribution in [1.82, 2.24) is 14.8 Å². The molecule has 1 unspecified atom stereocenters. The molecule has 1 aromatic carbocycles. The van der Waals surface area contributed by atoms with Crippen molar-refractivity contribution < 1.29 is 44.2 Å². The maximum Gasteiger partial charge on any atom is 0.311 e. The molecule has 0 amide bonds. The molecule has 13 heteroatoms. The molecule has 1 aromatic heterocycles. The summed E-state index contributed by atoms with van der Waals surface area (Å²) >= 11 is 0. The molecule has 5 N–H and O–H groups in total. The number of carbonyl (C=O) groups is 1. The van der Waals surface area contributed by atoms with Crippen LogP contribution in [0.4, 0.5) is 5.69 Å².